The molecule has 170 valence electrons. The highest BCUT2D eigenvalue weighted by Gasteiger charge is 2.37. The first-order valence-corrected chi connectivity index (χ1v) is 12.3. The van der Waals surface area contributed by atoms with Crippen LogP contribution < -0.4 is 11.1 Å². The molecule has 4 N–H and O–H groups in total. The molecule has 2 amide bonds. The number of amides is 2. The average Bonchev–Trinajstić information content (AvgIpc) is 3.58. The zero-order valence-electron chi connectivity index (χ0n) is 18.2. The van der Waals surface area contributed by atoms with Gasteiger partial charge in [-0.3, -0.25) is 9.59 Å². The largest absolute Gasteiger partial charge is 0.364 e. The maximum atomic E-state index is 13.7. The van der Waals surface area contributed by atoms with E-state index in [9.17, 15) is 9.59 Å². The van der Waals surface area contributed by atoms with Crippen molar-refractivity contribution in [1.29, 1.82) is 0 Å². The summed E-state index contributed by atoms with van der Waals surface area (Å²) < 4.78 is 1.10. The van der Waals surface area contributed by atoms with Crippen LogP contribution in [0.4, 0.5) is 5.13 Å². The molecule has 0 aliphatic heterocycles. The smallest absolute Gasteiger partial charge is 0.265 e. The van der Waals surface area contributed by atoms with Crippen molar-refractivity contribution in [2.45, 2.75) is 18.8 Å². The normalized spacial score (nSPS) is 13.0. The number of nitrogens with two attached hydrogens (primary N) is 1. The van der Waals surface area contributed by atoms with Gasteiger partial charge < -0.3 is 16.0 Å². The third kappa shape index (κ3) is 4.23. The lowest BCUT2D eigenvalue weighted by molar-refractivity contribution is -0.121. The average molecular weight is 488 g/mol. The molecular weight excluding hydrogens is 466 g/mol. The third-order valence-corrected chi connectivity index (χ3v) is 7.52. The molecule has 7 nitrogen and oxygen atoms in total. The second-order valence-corrected chi connectivity index (χ2v) is 10.1. The lowest BCUT2D eigenvalue weighted by Crippen LogP contribution is -2.39. The first-order valence-electron chi connectivity index (χ1n) is 10.6. The van der Waals surface area contributed by atoms with Gasteiger partial charge in [-0.1, -0.05) is 42.5 Å². The van der Waals surface area contributed by atoms with Crippen molar-refractivity contribution >= 4 is 49.8 Å². The Morgan fingerprint density at radius 2 is 1.85 bits per heavy atom. The van der Waals surface area contributed by atoms with Gasteiger partial charge in [0.05, 0.1) is 26.3 Å². The van der Waals surface area contributed by atoms with Crippen LogP contribution in [-0.4, -0.2) is 26.8 Å². The molecule has 3 heterocycles. The Bertz CT molecular complexity index is 1450. The van der Waals surface area contributed by atoms with Crippen LogP contribution >= 0.6 is 22.7 Å². The summed E-state index contributed by atoms with van der Waals surface area (Å²) in [5.74, 6) is -0.700. The highest BCUT2D eigenvalue weighted by Crippen LogP contribution is 2.34. The zero-order valence-corrected chi connectivity index (χ0v) is 19.9. The number of aromatic nitrogens is 3. The van der Waals surface area contributed by atoms with Crippen molar-refractivity contribution in [1.82, 2.24) is 15.0 Å². The van der Waals surface area contributed by atoms with E-state index < -0.39 is 11.3 Å². The molecule has 5 rings (SSSR count). The number of hydrogen-bond donors (Lipinski definition) is 3. The molecule has 0 saturated carbocycles. The number of nitrogens with zero attached hydrogens (tertiary/aromatic N) is 2. The molecule has 0 aliphatic rings. The number of nitrogens with one attached hydrogen (secondary N) is 2. The number of thiazole rings is 2. The molecule has 5 aromatic rings. The number of hydrogen-bond acceptors (Lipinski definition) is 6. The maximum absolute atomic E-state index is 13.7. The molecule has 0 spiro atoms. The number of carbonyl (C=O) groups excluding carboxylic acids is 2. The van der Waals surface area contributed by atoms with Crippen molar-refractivity contribution in [3.63, 3.8) is 0 Å². The van der Waals surface area contributed by atoms with E-state index in [1.807, 2.05) is 66.9 Å². The maximum Gasteiger partial charge on any atom is 0.265 e. The predicted octanol–water partition coefficient (Wildman–Crippen LogP) is 4.99. The topological polar surface area (TPSA) is 114 Å². The van der Waals surface area contributed by atoms with E-state index >= 15 is 0 Å². The number of benzene rings is 2. The van der Waals surface area contributed by atoms with E-state index in [1.54, 1.807) is 23.6 Å². The van der Waals surface area contributed by atoms with Gasteiger partial charge in [-0.2, -0.15) is 0 Å². The van der Waals surface area contributed by atoms with Crippen LogP contribution in [0.1, 0.15) is 28.0 Å². The van der Waals surface area contributed by atoms with Crippen LogP contribution in [0.5, 0.6) is 0 Å². The Kier molecular flexibility index (Phi) is 5.72. The van der Waals surface area contributed by atoms with Crippen LogP contribution in [0.15, 0.2) is 72.2 Å². The fourth-order valence-corrected chi connectivity index (χ4v) is 5.64. The molecule has 0 saturated heterocycles. The lowest BCUT2D eigenvalue weighted by atomic mass is 9.78. The molecule has 1 atom stereocenters. The molecule has 34 heavy (non-hydrogen) atoms. The number of aromatic amines is 1. The summed E-state index contributed by atoms with van der Waals surface area (Å²) in [6.07, 6.45) is 2.13. The van der Waals surface area contributed by atoms with Gasteiger partial charge in [-0.25, -0.2) is 9.97 Å². The molecule has 9 heteroatoms. The summed E-state index contributed by atoms with van der Waals surface area (Å²) in [4.78, 5) is 37.2. The monoisotopic (exact) mass is 487 g/mol. The summed E-state index contributed by atoms with van der Waals surface area (Å²) in [7, 11) is 0. The third-order valence-electron chi connectivity index (χ3n) is 5.72. The molecule has 3 aromatic heterocycles. The van der Waals surface area contributed by atoms with E-state index in [2.05, 4.69) is 15.3 Å². The summed E-state index contributed by atoms with van der Waals surface area (Å²) in [6.45, 7) is 1.93. The molecule has 1 unspecified atom stereocenters. The van der Waals surface area contributed by atoms with Gasteiger partial charge in [0.1, 0.15) is 5.69 Å². The second kappa shape index (κ2) is 8.85. The number of para-hydroxylation sites is 1. The first-order chi connectivity index (χ1) is 16.4. The van der Waals surface area contributed by atoms with Crippen molar-refractivity contribution < 1.29 is 9.59 Å². The highest BCUT2D eigenvalue weighted by atomic mass is 32.1. The quantitative estimate of drug-likeness (QED) is 0.300. The predicted molar refractivity (Wildman–Crippen MR) is 136 cm³/mol. The van der Waals surface area contributed by atoms with Crippen LogP contribution in [0, 0.1) is 0 Å². The Hall–Kier alpha value is -3.82. The molecule has 0 bridgehead atoms. The lowest BCUT2D eigenvalue weighted by Gasteiger charge is -2.27. The Morgan fingerprint density at radius 1 is 1.09 bits per heavy atom. The van der Waals surface area contributed by atoms with E-state index in [0.717, 1.165) is 26.4 Å². The van der Waals surface area contributed by atoms with Gasteiger partial charge in [0.15, 0.2) is 5.13 Å². The number of rotatable bonds is 7. The van der Waals surface area contributed by atoms with Crippen LogP contribution in [0.3, 0.4) is 0 Å². The van der Waals surface area contributed by atoms with Crippen molar-refractivity contribution in [2.75, 3.05) is 5.32 Å². The van der Waals surface area contributed by atoms with Crippen molar-refractivity contribution in [2.24, 2.45) is 5.73 Å². The van der Waals surface area contributed by atoms with Crippen molar-refractivity contribution in [3.05, 3.63) is 88.5 Å². The van der Waals surface area contributed by atoms with Gasteiger partial charge in [-0.15, -0.1) is 22.7 Å². The zero-order chi connectivity index (χ0) is 23.7. The molecule has 0 radical (unpaired) electrons. The Morgan fingerprint density at radius 3 is 2.59 bits per heavy atom. The first kappa shape index (κ1) is 22.0. The Balaban J connectivity index is 1.43. The number of H-pyrrole nitrogens is 1. The summed E-state index contributed by atoms with van der Waals surface area (Å²) in [5.41, 5.74) is 7.99. The molecule has 0 aliphatic carbocycles. The number of anilines is 1. The molecule has 2 aromatic carbocycles. The minimum atomic E-state index is -0.853. The van der Waals surface area contributed by atoms with E-state index in [-0.39, 0.29) is 5.91 Å². The van der Waals surface area contributed by atoms with Gasteiger partial charge in [-0.05, 0) is 30.7 Å². The van der Waals surface area contributed by atoms with Crippen LogP contribution in [0.25, 0.3) is 21.5 Å². The van der Waals surface area contributed by atoms with Crippen molar-refractivity contribution in [3.8, 4) is 11.3 Å². The molecular formula is C25H21N5O2S2. The summed E-state index contributed by atoms with van der Waals surface area (Å²) >= 11 is 2.93. The number of carbonyl (C=O) groups is 2. The van der Waals surface area contributed by atoms with Gasteiger partial charge >= 0.3 is 0 Å². The SMILES string of the molecule is CC(Cc1nc2ccccc2s1)(C(=O)Nc1nc(-c2c[nH]c(C(N)=O)c2)cs1)c1ccccc1. The minimum Gasteiger partial charge on any atom is -0.364 e. The van der Waals surface area contributed by atoms with Crippen LogP contribution in [0.2, 0.25) is 0 Å². The number of primary amides is 1. The minimum absolute atomic E-state index is 0.161. The van der Waals surface area contributed by atoms with Gasteiger partial charge in [0.2, 0.25) is 5.91 Å². The summed E-state index contributed by atoms with van der Waals surface area (Å²) in [6, 6.07) is 19.3. The van der Waals surface area contributed by atoms with Gasteiger partial charge in [0, 0.05) is 23.6 Å². The van der Waals surface area contributed by atoms with Gasteiger partial charge in [0.25, 0.3) is 5.91 Å². The van der Waals surface area contributed by atoms with E-state index in [1.165, 1.54) is 11.3 Å². The second-order valence-electron chi connectivity index (χ2n) is 8.11. The Labute approximate surface area is 203 Å². The summed E-state index contributed by atoms with van der Waals surface area (Å²) in [5, 5.41) is 6.21. The van der Waals surface area contributed by atoms with E-state index in [4.69, 9.17) is 10.7 Å². The van der Waals surface area contributed by atoms with Crippen LogP contribution in [-0.2, 0) is 16.6 Å². The fourth-order valence-electron chi connectivity index (χ4n) is 3.80. The van der Waals surface area contributed by atoms with E-state index in [0.29, 0.717) is 22.9 Å². The molecule has 0 fully saturated rings. The fraction of sp³-hybridized carbons (Fsp3) is 0.120. The standard InChI is InChI=1S/C25H21N5O2S2/c1-25(16-7-3-2-4-8-16,12-21-28-17-9-5-6-10-20(17)34-21)23(32)30-24-29-19(14-33-24)15-11-18(22(26)31)27-13-15/h2-11,13-14,27H,12H2,1H3,(H2,26,31)(H,29,30,32). The number of fused-ring (bicyclic) bond motifs is 1. The highest BCUT2D eigenvalue weighted by molar-refractivity contribution is 7.18.